The van der Waals surface area contributed by atoms with E-state index in [1.807, 2.05) is 25.8 Å². The van der Waals surface area contributed by atoms with E-state index in [1.165, 1.54) is 10.5 Å². The average Bonchev–Trinajstić information content (AvgIpc) is 2.58. The number of nitrogens with zero attached hydrogens (tertiary/aromatic N) is 2. The average molecular weight is 353 g/mol. The second-order valence-corrected chi connectivity index (χ2v) is 8.38. The fraction of sp³-hybridized carbons (Fsp3) is 0.684. The highest BCUT2D eigenvalue weighted by atomic mass is 32.2. The van der Waals surface area contributed by atoms with Crippen molar-refractivity contribution in [2.75, 3.05) is 39.4 Å². The highest BCUT2D eigenvalue weighted by molar-refractivity contribution is 7.97. The van der Waals surface area contributed by atoms with E-state index in [0.717, 1.165) is 45.8 Å². The van der Waals surface area contributed by atoms with Gasteiger partial charge in [0.2, 0.25) is 0 Å². The highest BCUT2D eigenvalue weighted by Crippen LogP contribution is 2.34. The minimum Gasteiger partial charge on any atom is -0.379 e. The first kappa shape index (κ1) is 18.2. The van der Waals surface area contributed by atoms with Crippen molar-refractivity contribution in [2.45, 2.75) is 43.8 Å². The second-order valence-electron chi connectivity index (χ2n) is 7.24. The van der Waals surface area contributed by atoms with Crippen LogP contribution in [0.3, 0.4) is 0 Å². The summed E-state index contributed by atoms with van der Waals surface area (Å²) in [7, 11) is 0. The Bertz CT molecular complexity index is 536. The number of hydrogen-bond donors (Lipinski definition) is 0. The molecule has 3 nitrogen and oxygen atoms in total. The molecule has 2 fully saturated rings. The monoisotopic (exact) mass is 352 g/mol. The van der Waals surface area contributed by atoms with Crippen LogP contribution < -0.4 is 0 Å². The molecule has 0 aromatic heterocycles. The maximum Gasteiger partial charge on any atom is 0.126 e. The van der Waals surface area contributed by atoms with Crippen molar-refractivity contribution in [1.29, 1.82) is 0 Å². The third-order valence-electron chi connectivity index (χ3n) is 5.15. The van der Waals surface area contributed by atoms with E-state index in [0.29, 0.717) is 13.0 Å². The molecule has 1 atom stereocenters. The van der Waals surface area contributed by atoms with Crippen LogP contribution in [0.5, 0.6) is 0 Å². The van der Waals surface area contributed by atoms with E-state index < -0.39 is 5.67 Å². The zero-order valence-electron chi connectivity index (χ0n) is 14.8. The Morgan fingerprint density at radius 1 is 1.21 bits per heavy atom. The summed E-state index contributed by atoms with van der Waals surface area (Å²) in [4.78, 5) is 3.58. The molecule has 0 spiro atoms. The predicted molar refractivity (Wildman–Crippen MR) is 97.9 cm³/mol. The topological polar surface area (TPSA) is 15.7 Å². The number of benzene rings is 1. The van der Waals surface area contributed by atoms with Crippen molar-refractivity contribution in [3.8, 4) is 0 Å². The molecule has 0 bridgehead atoms. The summed E-state index contributed by atoms with van der Waals surface area (Å²) in [5.74, 6) is 0.0817. The minimum atomic E-state index is -1.04. The Labute approximate surface area is 149 Å². The van der Waals surface area contributed by atoms with Gasteiger partial charge in [0.15, 0.2) is 0 Å². The number of halogens is 1. The lowest BCUT2D eigenvalue weighted by Crippen LogP contribution is -2.47. The zero-order valence-corrected chi connectivity index (χ0v) is 15.7. The van der Waals surface area contributed by atoms with Crippen molar-refractivity contribution in [2.24, 2.45) is 5.92 Å². The van der Waals surface area contributed by atoms with Crippen LogP contribution >= 0.6 is 11.9 Å². The molecule has 5 heteroatoms. The van der Waals surface area contributed by atoms with Gasteiger partial charge in [-0.15, -0.1) is 0 Å². The SMILES string of the molecule is CC(C)C1(F)CCCN(Cc2ccccc2SN2CCOCC2)C1. The van der Waals surface area contributed by atoms with Gasteiger partial charge in [0, 0.05) is 31.1 Å². The molecule has 24 heavy (non-hydrogen) atoms. The molecule has 0 amide bonds. The maximum absolute atomic E-state index is 15.1. The highest BCUT2D eigenvalue weighted by Gasteiger charge is 2.38. The van der Waals surface area contributed by atoms with Gasteiger partial charge in [0.25, 0.3) is 0 Å². The van der Waals surface area contributed by atoms with Gasteiger partial charge in [-0.25, -0.2) is 8.70 Å². The van der Waals surface area contributed by atoms with Gasteiger partial charge in [-0.2, -0.15) is 0 Å². The maximum atomic E-state index is 15.1. The van der Waals surface area contributed by atoms with Crippen LogP contribution in [-0.4, -0.2) is 54.3 Å². The van der Waals surface area contributed by atoms with E-state index in [2.05, 4.69) is 33.5 Å². The van der Waals surface area contributed by atoms with Crippen LogP contribution in [0.15, 0.2) is 29.2 Å². The van der Waals surface area contributed by atoms with E-state index in [-0.39, 0.29) is 5.92 Å². The molecule has 1 unspecified atom stereocenters. The van der Waals surface area contributed by atoms with Crippen molar-refractivity contribution < 1.29 is 9.13 Å². The molecule has 2 aliphatic rings. The molecule has 3 rings (SSSR count). The van der Waals surface area contributed by atoms with Gasteiger partial charge in [-0.3, -0.25) is 4.90 Å². The summed E-state index contributed by atoms with van der Waals surface area (Å²) in [5.41, 5.74) is 0.270. The number of alkyl halides is 1. The first-order valence-corrected chi connectivity index (χ1v) is 9.84. The largest absolute Gasteiger partial charge is 0.379 e. The van der Waals surface area contributed by atoms with Crippen LogP contribution in [0.4, 0.5) is 4.39 Å². The first-order valence-electron chi connectivity index (χ1n) is 9.07. The third kappa shape index (κ3) is 4.51. The Morgan fingerprint density at radius 3 is 2.71 bits per heavy atom. The van der Waals surface area contributed by atoms with Crippen molar-refractivity contribution in [3.63, 3.8) is 0 Å². The number of hydrogen-bond acceptors (Lipinski definition) is 4. The Morgan fingerprint density at radius 2 is 1.96 bits per heavy atom. The number of rotatable bonds is 5. The lowest BCUT2D eigenvalue weighted by molar-refractivity contribution is 0.00465. The van der Waals surface area contributed by atoms with Gasteiger partial charge in [0.05, 0.1) is 13.2 Å². The van der Waals surface area contributed by atoms with Crippen LogP contribution in [-0.2, 0) is 11.3 Å². The summed E-state index contributed by atoms with van der Waals surface area (Å²) in [5, 5.41) is 0. The number of morpholine rings is 1. The normalized spacial score (nSPS) is 26.8. The van der Waals surface area contributed by atoms with Crippen molar-refractivity contribution in [3.05, 3.63) is 29.8 Å². The Balaban J connectivity index is 1.66. The standard InChI is InChI=1S/C19H29FN2OS/c1-16(2)19(20)8-5-9-21(15-19)14-17-6-3-4-7-18(17)24-22-10-12-23-13-11-22/h3-4,6-7,16H,5,8-15H2,1-2H3. The first-order chi connectivity index (χ1) is 11.6. The van der Waals surface area contributed by atoms with Gasteiger partial charge < -0.3 is 4.74 Å². The summed E-state index contributed by atoms with van der Waals surface area (Å²) in [6.45, 7) is 9.94. The van der Waals surface area contributed by atoms with E-state index in [1.54, 1.807) is 0 Å². The quantitative estimate of drug-likeness (QED) is 0.745. The molecular formula is C19H29FN2OS. The van der Waals surface area contributed by atoms with Gasteiger partial charge in [-0.1, -0.05) is 32.0 Å². The zero-order chi connectivity index (χ0) is 17.0. The van der Waals surface area contributed by atoms with Gasteiger partial charge in [0.1, 0.15) is 5.67 Å². The third-order valence-corrected chi connectivity index (χ3v) is 6.37. The summed E-state index contributed by atoms with van der Waals surface area (Å²) < 4.78 is 22.8. The molecule has 1 aromatic carbocycles. The molecular weight excluding hydrogens is 323 g/mol. The molecule has 0 radical (unpaired) electrons. The van der Waals surface area contributed by atoms with Crippen molar-refractivity contribution in [1.82, 2.24) is 9.21 Å². The molecule has 134 valence electrons. The molecule has 1 aromatic rings. The molecule has 2 aliphatic heterocycles. The van der Waals surface area contributed by atoms with E-state index in [9.17, 15) is 0 Å². The molecule has 2 heterocycles. The van der Waals surface area contributed by atoms with Gasteiger partial charge in [-0.05, 0) is 48.9 Å². The van der Waals surface area contributed by atoms with E-state index in [4.69, 9.17) is 4.74 Å². The lowest BCUT2D eigenvalue weighted by atomic mass is 9.84. The predicted octanol–water partition coefficient (Wildman–Crippen LogP) is 3.99. The van der Waals surface area contributed by atoms with Crippen LogP contribution in [0, 0.1) is 5.92 Å². The summed E-state index contributed by atoms with van der Waals surface area (Å²) in [6.07, 6.45) is 1.65. The van der Waals surface area contributed by atoms with Crippen LogP contribution in [0.25, 0.3) is 0 Å². The summed E-state index contributed by atoms with van der Waals surface area (Å²) >= 11 is 1.82. The molecule has 0 N–H and O–H groups in total. The van der Waals surface area contributed by atoms with Crippen LogP contribution in [0.2, 0.25) is 0 Å². The second kappa shape index (κ2) is 8.17. The summed E-state index contributed by atoms with van der Waals surface area (Å²) in [6, 6.07) is 8.56. The minimum absolute atomic E-state index is 0.0817. The van der Waals surface area contributed by atoms with Gasteiger partial charge >= 0.3 is 0 Å². The number of likely N-dealkylation sites (tertiary alicyclic amines) is 1. The molecule has 2 saturated heterocycles. The van der Waals surface area contributed by atoms with Crippen molar-refractivity contribution >= 4 is 11.9 Å². The molecule has 0 aliphatic carbocycles. The lowest BCUT2D eigenvalue weighted by Gasteiger charge is -2.40. The van der Waals surface area contributed by atoms with Crippen LogP contribution in [0.1, 0.15) is 32.3 Å². The number of ether oxygens (including phenoxy) is 1. The number of piperidine rings is 1. The fourth-order valence-corrected chi connectivity index (χ4v) is 4.47. The Kier molecular flexibility index (Phi) is 6.19. The molecule has 0 saturated carbocycles. The Hall–Kier alpha value is -0.620. The van der Waals surface area contributed by atoms with E-state index >= 15 is 4.39 Å². The fourth-order valence-electron chi connectivity index (χ4n) is 3.47. The smallest absolute Gasteiger partial charge is 0.126 e.